The number of rotatable bonds is 4. The number of hydrogen-bond acceptors (Lipinski definition) is 2. The molecule has 1 heterocycles. The van der Waals surface area contributed by atoms with Crippen LogP contribution in [0.3, 0.4) is 0 Å². The Morgan fingerprint density at radius 2 is 1.86 bits per heavy atom. The van der Waals surface area contributed by atoms with Gasteiger partial charge in [-0.15, -0.1) is 0 Å². The highest BCUT2D eigenvalue weighted by Gasteiger charge is 2.33. The van der Waals surface area contributed by atoms with Crippen molar-refractivity contribution >= 4 is 11.6 Å². The Hall–Kier alpha value is -0.570. The van der Waals surface area contributed by atoms with Gasteiger partial charge in [-0.3, -0.25) is 0 Å². The minimum Gasteiger partial charge on any atom is -0.314 e. The summed E-state index contributed by atoms with van der Waals surface area (Å²) in [6.45, 7) is 3.48. The minimum atomic E-state index is 0.397. The van der Waals surface area contributed by atoms with Crippen LogP contribution in [0.25, 0.3) is 0 Å². The highest BCUT2D eigenvalue weighted by molar-refractivity contribution is 6.30. The van der Waals surface area contributed by atoms with Crippen molar-refractivity contribution in [2.75, 3.05) is 6.54 Å². The van der Waals surface area contributed by atoms with Crippen molar-refractivity contribution in [2.45, 2.75) is 63.6 Å². The van der Waals surface area contributed by atoms with E-state index in [9.17, 15) is 0 Å². The fraction of sp³-hybridized carbons (Fsp3) is 0.667. The molecule has 0 radical (unpaired) electrons. The molecule has 2 aliphatic rings. The lowest BCUT2D eigenvalue weighted by atomic mass is 9.79. The number of hydrogen-bond donors (Lipinski definition) is 2. The molecule has 3 unspecified atom stereocenters. The second-order valence-electron chi connectivity index (χ2n) is 6.70. The second kappa shape index (κ2) is 7.13. The number of nitrogens with one attached hydrogen (secondary N) is 2. The molecule has 0 spiro atoms. The van der Waals surface area contributed by atoms with Gasteiger partial charge in [0.25, 0.3) is 0 Å². The van der Waals surface area contributed by atoms with Crippen LogP contribution >= 0.6 is 11.6 Å². The van der Waals surface area contributed by atoms with E-state index in [0.717, 1.165) is 17.0 Å². The molecule has 3 heteroatoms. The Balaban J connectivity index is 1.64. The third-order valence-electron chi connectivity index (χ3n) is 5.27. The molecule has 3 rings (SSSR count). The fourth-order valence-electron chi connectivity index (χ4n) is 4.09. The van der Waals surface area contributed by atoms with Crippen molar-refractivity contribution in [3.63, 3.8) is 0 Å². The number of halogens is 1. The van der Waals surface area contributed by atoms with Crippen LogP contribution in [0.1, 0.15) is 57.1 Å². The highest BCUT2D eigenvalue weighted by atomic mass is 35.5. The molecule has 1 aliphatic heterocycles. The maximum Gasteiger partial charge on any atom is 0.0406 e. The van der Waals surface area contributed by atoms with E-state index in [1.54, 1.807) is 0 Å². The van der Waals surface area contributed by atoms with Crippen LogP contribution in [0.4, 0.5) is 0 Å². The Bertz CT molecular complexity index is 439. The van der Waals surface area contributed by atoms with Gasteiger partial charge < -0.3 is 10.6 Å². The molecule has 2 nitrogen and oxygen atoms in total. The smallest absolute Gasteiger partial charge is 0.0406 e. The van der Waals surface area contributed by atoms with Crippen LogP contribution in [0, 0.1) is 5.92 Å². The molecule has 2 fully saturated rings. The van der Waals surface area contributed by atoms with Crippen molar-refractivity contribution in [3.8, 4) is 0 Å². The lowest BCUT2D eigenvalue weighted by Gasteiger charge is -2.38. The molecule has 2 N–H and O–H groups in total. The van der Waals surface area contributed by atoms with Gasteiger partial charge in [0.15, 0.2) is 0 Å². The Kier molecular flexibility index (Phi) is 5.20. The second-order valence-corrected chi connectivity index (χ2v) is 7.13. The largest absolute Gasteiger partial charge is 0.314 e. The van der Waals surface area contributed by atoms with Crippen LogP contribution in [0.15, 0.2) is 24.3 Å². The standard InChI is InChI=1S/C18H27ClN2/c1-13(14-8-10-15(19)11-9-14)21-18-6-3-2-5-16(18)17-7-4-12-20-17/h8-11,13,16-18,20-21H,2-7,12H2,1H3/t13-,16?,17?,18?/m1/s1. The van der Waals surface area contributed by atoms with Crippen LogP contribution in [-0.2, 0) is 0 Å². The molecule has 0 bridgehead atoms. The fourth-order valence-corrected chi connectivity index (χ4v) is 4.22. The van der Waals surface area contributed by atoms with Crippen molar-refractivity contribution in [1.82, 2.24) is 10.6 Å². The molecule has 1 saturated heterocycles. The topological polar surface area (TPSA) is 24.1 Å². The molecule has 116 valence electrons. The van der Waals surface area contributed by atoms with E-state index < -0.39 is 0 Å². The average Bonchev–Trinajstić information content (AvgIpc) is 3.02. The minimum absolute atomic E-state index is 0.397. The lowest BCUT2D eigenvalue weighted by molar-refractivity contribution is 0.203. The molecule has 4 atom stereocenters. The van der Waals surface area contributed by atoms with Gasteiger partial charge in [-0.05, 0) is 62.8 Å². The third-order valence-corrected chi connectivity index (χ3v) is 5.52. The van der Waals surface area contributed by atoms with E-state index in [0.29, 0.717) is 12.1 Å². The predicted molar refractivity (Wildman–Crippen MR) is 89.8 cm³/mol. The molecule has 0 aromatic heterocycles. The monoisotopic (exact) mass is 306 g/mol. The Morgan fingerprint density at radius 3 is 2.57 bits per heavy atom. The van der Waals surface area contributed by atoms with Crippen molar-refractivity contribution in [1.29, 1.82) is 0 Å². The van der Waals surface area contributed by atoms with Crippen molar-refractivity contribution in [2.24, 2.45) is 5.92 Å². The quantitative estimate of drug-likeness (QED) is 0.866. The van der Waals surface area contributed by atoms with E-state index >= 15 is 0 Å². The molecule has 21 heavy (non-hydrogen) atoms. The maximum atomic E-state index is 5.99. The summed E-state index contributed by atoms with van der Waals surface area (Å²) in [6.07, 6.45) is 8.17. The van der Waals surface area contributed by atoms with E-state index in [1.165, 1.54) is 50.6 Å². The Morgan fingerprint density at radius 1 is 1.10 bits per heavy atom. The third kappa shape index (κ3) is 3.80. The van der Waals surface area contributed by atoms with E-state index in [1.807, 2.05) is 12.1 Å². The zero-order valence-corrected chi connectivity index (χ0v) is 13.7. The van der Waals surface area contributed by atoms with Crippen LogP contribution < -0.4 is 10.6 Å². The molecule has 1 aromatic rings. The van der Waals surface area contributed by atoms with Crippen LogP contribution in [0.2, 0.25) is 5.02 Å². The lowest BCUT2D eigenvalue weighted by Crippen LogP contribution is -2.47. The van der Waals surface area contributed by atoms with Crippen LogP contribution in [-0.4, -0.2) is 18.6 Å². The van der Waals surface area contributed by atoms with Crippen molar-refractivity contribution in [3.05, 3.63) is 34.9 Å². The Labute approximate surface area is 133 Å². The maximum absolute atomic E-state index is 5.99. The summed E-state index contributed by atoms with van der Waals surface area (Å²) in [6, 6.07) is 10.1. The first-order chi connectivity index (χ1) is 10.2. The molecule has 1 aliphatic carbocycles. The molecular formula is C18H27ClN2. The van der Waals surface area contributed by atoms with Gasteiger partial charge in [0.05, 0.1) is 0 Å². The van der Waals surface area contributed by atoms with Gasteiger partial charge in [-0.2, -0.15) is 0 Å². The van der Waals surface area contributed by atoms with E-state index in [-0.39, 0.29) is 0 Å². The summed E-state index contributed by atoms with van der Waals surface area (Å²) < 4.78 is 0. The van der Waals surface area contributed by atoms with E-state index in [4.69, 9.17) is 11.6 Å². The molecule has 0 amide bonds. The summed E-state index contributed by atoms with van der Waals surface area (Å²) in [4.78, 5) is 0. The summed E-state index contributed by atoms with van der Waals surface area (Å²) in [5, 5.41) is 8.43. The highest BCUT2D eigenvalue weighted by Crippen LogP contribution is 2.32. The normalized spacial score (nSPS) is 31.2. The SMILES string of the molecule is C[C@@H](NC1CCCCC1C1CCCN1)c1ccc(Cl)cc1. The van der Waals surface area contributed by atoms with Gasteiger partial charge in [-0.25, -0.2) is 0 Å². The molecule has 1 saturated carbocycles. The van der Waals surface area contributed by atoms with Crippen LogP contribution in [0.5, 0.6) is 0 Å². The zero-order chi connectivity index (χ0) is 14.7. The van der Waals surface area contributed by atoms with Crippen molar-refractivity contribution < 1.29 is 0 Å². The number of benzene rings is 1. The molecule has 1 aromatic carbocycles. The van der Waals surface area contributed by atoms with Gasteiger partial charge in [-0.1, -0.05) is 36.6 Å². The first kappa shape index (κ1) is 15.3. The predicted octanol–water partition coefficient (Wildman–Crippen LogP) is 4.30. The van der Waals surface area contributed by atoms with Gasteiger partial charge >= 0.3 is 0 Å². The summed E-state index contributed by atoms with van der Waals surface area (Å²) in [5.74, 6) is 0.802. The van der Waals surface area contributed by atoms with Gasteiger partial charge in [0, 0.05) is 23.1 Å². The summed E-state index contributed by atoms with van der Waals surface area (Å²) in [5.41, 5.74) is 1.34. The summed E-state index contributed by atoms with van der Waals surface area (Å²) in [7, 11) is 0. The molecular weight excluding hydrogens is 280 g/mol. The van der Waals surface area contributed by atoms with E-state index in [2.05, 4.69) is 29.7 Å². The average molecular weight is 307 g/mol. The first-order valence-corrected chi connectivity index (χ1v) is 8.87. The van der Waals surface area contributed by atoms with Gasteiger partial charge in [0.1, 0.15) is 0 Å². The van der Waals surface area contributed by atoms with Gasteiger partial charge in [0.2, 0.25) is 0 Å². The first-order valence-electron chi connectivity index (χ1n) is 8.49. The zero-order valence-electron chi connectivity index (χ0n) is 12.9. The summed E-state index contributed by atoms with van der Waals surface area (Å²) >= 11 is 5.99.